The van der Waals surface area contributed by atoms with Gasteiger partial charge in [-0.05, 0) is 6.42 Å². The van der Waals surface area contributed by atoms with E-state index in [1.807, 2.05) is 0 Å². The lowest BCUT2D eigenvalue weighted by molar-refractivity contribution is -0.107. The standard InChI is InChI=1S/C8H9IO/c9-8-5-1-3-7(8)4-2-6-10/h1,3,5-6,8H,2,4H2/t8-/m1/s1. The average molecular weight is 248 g/mol. The molecule has 0 saturated carbocycles. The first kappa shape index (κ1) is 7.98. The number of carbonyl (C=O) groups is 1. The van der Waals surface area contributed by atoms with Crippen LogP contribution in [0.2, 0.25) is 0 Å². The van der Waals surface area contributed by atoms with Crippen molar-refractivity contribution in [2.24, 2.45) is 0 Å². The van der Waals surface area contributed by atoms with E-state index in [0.29, 0.717) is 10.3 Å². The Labute approximate surface area is 74.3 Å². The molecule has 54 valence electrons. The van der Waals surface area contributed by atoms with E-state index in [1.165, 1.54) is 5.57 Å². The maximum Gasteiger partial charge on any atom is 0.120 e. The fourth-order valence-corrected chi connectivity index (χ4v) is 1.70. The van der Waals surface area contributed by atoms with Gasteiger partial charge in [0.05, 0.1) is 3.92 Å². The van der Waals surface area contributed by atoms with Crippen molar-refractivity contribution < 1.29 is 4.79 Å². The van der Waals surface area contributed by atoms with Crippen LogP contribution in [0.15, 0.2) is 23.8 Å². The molecule has 1 aliphatic rings. The smallest absolute Gasteiger partial charge is 0.120 e. The molecule has 1 aliphatic carbocycles. The van der Waals surface area contributed by atoms with Gasteiger partial charge in [-0.25, -0.2) is 0 Å². The minimum Gasteiger partial charge on any atom is -0.303 e. The molecule has 1 rings (SSSR count). The van der Waals surface area contributed by atoms with Gasteiger partial charge in [-0.2, -0.15) is 0 Å². The van der Waals surface area contributed by atoms with E-state index in [2.05, 4.69) is 40.8 Å². The van der Waals surface area contributed by atoms with Gasteiger partial charge in [0, 0.05) is 6.42 Å². The van der Waals surface area contributed by atoms with Crippen molar-refractivity contribution in [2.75, 3.05) is 0 Å². The third-order valence-electron chi connectivity index (χ3n) is 1.50. The molecular formula is C8H9IO. The summed E-state index contributed by atoms with van der Waals surface area (Å²) < 4.78 is 0.526. The number of carbonyl (C=O) groups excluding carboxylic acids is 1. The number of aldehydes is 1. The van der Waals surface area contributed by atoms with E-state index < -0.39 is 0 Å². The Balaban J connectivity index is 2.36. The van der Waals surface area contributed by atoms with Crippen molar-refractivity contribution in [1.82, 2.24) is 0 Å². The highest BCUT2D eigenvalue weighted by atomic mass is 127. The Bertz CT molecular complexity index is 182. The second kappa shape index (κ2) is 3.91. The lowest BCUT2D eigenvalue weighted by Crippen LogP contribution is -1.94. The SMILES string of the molecule is O=CCCC1=CC=C[C@H]1I. The van der Waals surface area contributed by atoms with Crippen molar-refractivity contribution in [2.45, 2.75) is 16.8 Å². The number of rotatable bonds is 3. The minimum atomic E-state index is 0.526. The second-order valence-electron chi connectivity index (χ2n) is 2.23. The summed E-state index contributed by atoms with van der Waals surface area (Å²) in [5.74, 6) is 0. The number of allylic oxidation sites excluding steroid dienone is 4. The third-order valence-corrected chi connectivity index (χ3v) is 2.71. The van der Waals surface area contributed by atoms with E-state index in [1.54, 1.807) is 0 Å². The lowest BCUT2D eigenvalue weighted by Gasteiger charge is -2.02. The molecule has 2 heteroatoms. The summed E-state index contributed by atoms with van der Waals surface area (Å²) in [5, 5.41) is 0. The fraction of sp³-hybridized carbons (Fsp3) is 0.375. The van der Waals surface area contributed by atoms with Crippen molar-refractivity contribution >= 4 is 28.9 Å². The van der Waals surface area contributed by atoms with Gasteiger partial charge in [-0.1, -0.05) is 46.4 Å². The van der Waals surface area contributed by atoms with Crippen LogP contribution >= 0.6 is 22.6 Å². The highest BCUT2D eigenvalue weighted by Gasteiger charge is 2.08. The Morgan fingerprint density at radius 3 is 3.00 bits per heavy atom. The van der Waals surface area contributed by atoms with Crippen LogP contribution in [0.25, 0.3) is 0 Å². The molecule has 0 aromatic rings. The fourth-order valence-electron chi connectivity index (χ4n) is 0.939. The van der Waals surface area contributed by atoms with Crippen LogP contribution in [0, 0.1) is 0 Å². The lowest BCUT2D eigenvalue weighted by atomic mass is 10.1. The van der Waals surface area contributed by atoms with Gasteiger partial charge in [-0.3, -0.25) is 0 Å². The second-order valence-corrected chi connectivity index (χ2v) is 3.58. The first-order chi connectivity index (χ1) is 4.84. The average Bonchev–Trinajstić information content (AvgIpc) is 2.31. The van der Waals surface area contributed by atoms with E-state index in [-0.39, 0.29) is 0 Å². The molecule has 0 heterocycles. The van der Waals surface area contributed by atoms with Crippen LogP contribution in [0.4, 0.5) is 0 Å². The number of hydrogen-bond donors (Lipinski definition) is 0. The molecule has 0 aromatic carbocycles. The monoisotopic (exact) mass is 248 g/mol. The Morgan fingerprint density at radius 2 is 2.50 bits per heavy atom. The maximum absolute atomic E-state index is 10.0. The molecule has 0 radical (unpaired) electrons. The predicted molar refractivity (Wildman–Crippen MR) is 50.3 cm³/mol. The zero-order chi connectivity index (χ0) is 7.40. The first-order valence-corrected chi connectivity index (χ1v) is 4.54. The topological polar surface area (TPSA) is 17.1 Å². The molecule has 10 heavy (non-hydrogen) atoms. The van der Waals surface area contributed by atoms with Crippen LogP contribution in [0.3, 0.4) is 0 Å². The van der Waals surface area contributed by atoms with E-state index in [0.717, 1.165) is 12.7 Å². The molecule has 0 N–H and O–H groups in total. The maximum atomic E-state index is 10.0. The molecule has 0 amide bonds. The summed E-state index contributed by atoms with van der Waals surface area (Å²) in [7, 11) is 0. The highest BCUT2D eigenvalue weighted by molar-refractivity contribution is 14.1. The molecule has 1 atom stereocenters. The van der Waals surface area contributed by atoms with Crippen LogP contribution in [0.1, 0.15) is 12.8 Å². The molecular weight excluding hydrogens is 239 g/mol. The Morgan fingerprint density at radius 1 is 1.70 bits per heavy atom. The van der Waals surface area contributed by atoms with Gasteiger partial charge in [-0.15, -0.1) is 0 Å². The summed E-state index contributed by atoms with van der Waals surface area (Å²) in [4.78, 5) is 10.0. The summed E-state index contributed by atoms with van der Waals surface area (Å²) >= 11 is 2.36. The van der Waals surface area contributed by atoms with Crippen molar-refractivity contribution in [1.29, 1.82) is 0 Å². The molecule has 1 nitrogen and oxygen atoms in total. The first-order valence-electron chi connectivity index (χ1n) is 3.29. The van der Waals surface area contributed by atoms with Gasteiger partial charge in [0.15, 0.2) is 0 Å². The summed E-state index contributed by atoms with van der Waals surface area (Å²) in [6, 6.07) is 0. The minimum absolute atomic E-state index is 0.526. The zero-order valence-electron chi connectivity index (χ0n) is 5.59. The quantitative estimate of drug-likeness (QED) is 0.425. The largest absolute Gasteiger partial charge is 0.303 e. The van der Waals surface area contributed by atoms with Gasteiger partial charge in [0.25, 0.3) is 0 Å². The molecule has 0 unspecified atom stereocenters. The number of alkyl halides is 1. The normalized spacial score (nSPS) is 22.9. The molecule has 0 fully saturated rings. The van der Waals surface area contributed by atoms with Crippen LogP contribution in [0.5, 0.6) is 0 Å². The Hall–Kier alpha value is -0.120. The van der Waals surface area contributed by atoms with Crippen LogP contribution < -0.4 is 0 Å². The van der Waals surface area contributed by atoms with Gasteiger partial charge in [0.2, 0.25) is 0 Å². The molecule has 0 aliphatic heterocycles. The van der Waals surface area contributed by atoms with Crippen molar-refractivity contribution in [3.05, 3.63) is 23.8 Å². The molecule has 0 aromatic heterocycles. The van der Waals surface area contributed by atoms with Crippen LogP contribution in [-0.2, 0) is 4.79 Å². The molecule has 0 bridgehead atoms. The molecule has 0 spiro atoms. The predicted octanol–water partition coefficient (Wildman–Crippen LogP) is 2.27. The zero-order valence-corrected chi connectivity index (χ0v) is 7.74. The van der Waals surface area contributed by atoms with Gasteiger partial charge in [0.1, 0.15) is 6.29 Å². The highest BCUT2D eigenvalue weighted by Crippen LogP contribution is 2.23. The Kier molecular flexibility index (Phi) is 3.12. The van der Waals surface area contributed by atoms with Crippen molar-refractivity contribution in [3.63, 3.8) is 0 Å². The third kappa shape index (κ3) is 1.94. The van der Waals surface area contributed by atoms with Crippen molar-refractivity contribution in [3.8, 4) is 0 Å². The summed E-state index contributed by atoms with van der Waals surface area (Å²) in [5.41, 5.74) is 1.37. The van der Waals surface area contributed by atoms with Gasteiger partial charge >= 0.3 is 0 Å². The van der Waals surface area contributed by atoms with Crippen LogP contribution in [-0.4, -0.2) is 10.2 Å². The van der Waals surface area contributed by atoms with E-state index in [9.17, 15) is 4.79 Å². The number of halogens is 1. The molecule has 0 saturated heterocycles. The van der Waals surface area contributed by atoms with E-state index in [4.69, 9.17) is 0 Å². The van der Waals surface area contributed by atoms with Gasteiger partial charge < -0.3 is 4.79 Å². The van der Waals surface area contributed by atoms with E-state index >= 15 is 0 Å². The summed E-state index contributed by atoms with van der Waals surface area (Å²) in [6.45, 7) is 0. The number of hydrogen-bond acceptors (Lipinski definition) is 1. The summed E-state index contributed by atoms with van der Waals surface area (Å²) in [6.07, 6.45) is 8.85.